The zero-order chi connectivity index (χ0) is 20.7. The van der Waals surface area contributed by atoms with Crippen molar-refractivity contribution in [3.8, 4) is 0 Å². The van der Waals surface area contributed by atoms with E-state index in [0.29, 0.717) is 5.56 Å². The average Bonchev–Trinajstić information content (AvgIpc) is 2.50. The summed E-state index contributed by atoms with van der Waals surface area (Å²) in [6.07, 6.45) is -0.488. The van der Waals surface area contributed by atoms with Crippen LogP contribution in [0.5, 0.6) is 0 Å². The number of nitrogens with one attached hydrogen (secondary N) is 2. The van der Waals surface area contributed by atoms with E-state index in [-0.39, 0.29) is 17.8 Å². The number of anilines is 1. The molecule has 0 unspecified atom stereocenters. The SMILES string of the molecule is C=C/C=C(/C=C/C(=O)NCc1ccc(NS(C)(=O)=O)c(F)c1)CC(F)(F)F. The Kier molecular flexibility index (Phi) is 7.77. The van der Waals surface area contributed by atoms with Crippen LogP contribution in [0, 0.1) is 5.82 Å². The quantitative estimate of drug-likeness (QED) is 0.395. The Morgan fingerprint density at radius 3 is 2.44 bits per heavy atom. The summed E-state index contributed by atoms with van der Waals surface area (Å²) < 4.78 is 75.2. The van der Waals surface area contributed by atoms with Gasteiger partial charge >= 0.3 is 6.18 Å². The molecule has 1 aromatic carbocycles. The van der Waals surface area contributed by atoms with Crippen molar-refractivity contribution in [2.75, 3.05) is 11.0 Å². The molecule has 0 aromatic heterocycles. The molecule has 1 amide bonds. The Hall–Kier alpha value is -2.62. The minimum atomic E-state index is -4.42. The van der Waals surface area contributed by atoms with Crippen molar-refractivity contribution in [2.45, 2.75) is 19.1 Å². The highest BCUT2D eigenvalue weighted by Gasteiger charge is 2.27. The molecule has 0 heterocycles. The van der Waals surface area contributed by atoms with Crippen molar-refractivity contribution in [3.05, 3.63) is 66.0 Å². The molecule has 5 nitrogen and oxygen atoms in total. The van der Waals surface area contributed by atoms with Gasteiger partial charge in [-0.3, -0.25) is 9.52 Å². The molecule has 0 aliphatic carbocycles. The minimum Gasteiger partial charge on any atom is -0.348 e. The van der Waals surface area contributed by atoms with Crippen LogP contribution in [-0.2, 0) is 21.4 Å². The smallest absolute Gasteiger partial charge is 0.348 e. The number of sulfonamides is 1. The van der Waals surface area contributed by atoms with Crippen LogP contribution in [0.25, 0.3) is 0 Å². The van der Waals surface area contributed by atoms with Crippen LogP contribution >= 0.6 is 0 Å². The second kappa shape index (κ2) is 9.36. The molecule has 1 rings (SSSR count). The van der Waals surface area contributed by atoms with E-state index in [1.54, 1.807) is 0 Å². The zero-order valence-corrected chi connectivity index (χ0v) is 15.1. The van der Waals surface area contributed by atoms with Gasteiger partial charge < -0.3 is 5.32 Å². The molecular weight excluding hydrogens is 388 g/mol. The van der Waals surface area contributed by atoms with Crippen molar-refractivity contribution in [2.24, 2.45) is 0 Å². The maximum Gasteiger partial charge on any atom is 0.393 e. The second-order valence-corrected chi connectivity index (χ2v) is 7.26. The fourth-order valence-electron chi connectivity index (χ4n) is 1.94. The van der Waals surface area contributed by atoms with Gasteiger partial charge in [0.25, 0.3) is 0 Å². The fourth-order valence-corrected chi connectivity index (χ4v) is 2.50. The molecule has 0 radical (unpaired) electrons. The van der Waals surface area contributed by atoms with E-state index in [0.717, 1.165) is 30.6 Å². The summed E-state index contributed by atoms with van der Waals surface area (Å²) in [7, 11) is -3.63. The molecule has 2 N–H and O–H groups in total. The first-order valence-electron chi connectivity index (χ1n) is 7.50. The van der Waals surface area contributed by atoms with Crippen LogP contribution in [0.15, 0.2) is 54.7 Å². The Morgan fingerprint density at radius 1 is 1.26 bits per heavy atom. The summed E-state index contributed by atoms with van der Waals surface area (Å²) in [6, 6.07) is 3.62. The molecule has 10 heteroatoms. The predicted octanol–water partition coefficient (Wildman–Crippen LogP) is 3.43. The topological polar surface area (TPSA) is 75.3 Å². The highest BCUT2D eigenvalue weighted by Crippen LogP contribution is 2.25. The van der Waals surface area contributed by atoms with Crippen molar-refractivity contribution in [1.82, 2.24) is 5.32 Å². The molecule has 0 bridgehead atoms. The number of halogens is 4. The summed E-state index contributed by atoms with van der Waals surface area (Å²) in [4.78, 5) is 11.7. The van der Waals surface area contributed by atoms with Crippen LogP contribution in [0.4, 0.5) is 23.2 Å². The number of hydrogen-bond acceptors (Lipinski definition) is 3. The van der Waals surface area contributed by atoms with E-state index in [9.17, 15) is 30.8 Å². The molecule has 0 aliphatic rings. The molecule has 0 fully saturated rings. The molecule has 1 aromatic rings. The minimum absolute atomic E-state index is 0.0982. The predicted molar refractivity (Wildman–Crippen MR) is 94.8 cm³/mol. The van der Waals surface area contributed by atoms with Crippen molar-refractivity contribution in [1.29, 1.82) is 0 Å². The van der Waals surface area contributed by atoms with Gasteiger partial charge in [0.2, 0.25) is 15.9 Å². The third-order valence-electron chi connectivity index (χ3n) is 2.98. The van der Waals surface area contributed by atoms with E-state index in [1.807, 2.05) is 4.72 Å². The first-order valence-corrected chi connectivity index (χ1v) is 9.39. The average molecular weight is 406 g/mol. The number of benzene rings is 1. The Balaban J connectivity index is 2.70. The number of hydrogen-bond donors (Lipinski definition) is 2. The van der Waals surface area contributed by atoms with E-state index in [4.69, 9.17) is 0 Å². The van der Waals surface area contributed by atoms with Gasteiger partial charge in [-0.15, -0.1) is 0 Å². The van der Waals surface area contributed by atoms with Gasteiger partial charge in [0, 0.05) is 12.6 Å². The first kappa shape index (κ1) is 22.4. The number of amides is 1. The van der Waals surface area contributed by atoms with Crippen LogP contribution in [0.1, 0.15) is 12.0 Å². The summed E-state index contributed by atoms with van der Waals surface area (Å²) in [5.41, 5.74) is -0.0424. The Labute approximate surface area is 154 Å². The summed E-state index contributed by atoms with van der Waals surface area (Å²) in [5.74, 6) is -1.50. The maximum atomic E-state index is 13.8. The molecule has 0 spiro atoms. The van der Waals surface area contributed by atoms with Gasteiger partial charge in [-0.2, -0.15) is 13.2 Å². The zero-order valence-electron chi connectivity index (χ0n) is 14.3. The molecular formula is C17H18F4N2O3S. The van der Waals surface area contributed by atoms with Gasteiger partial charge in [0.1, 0.15) is 5.82 Å². The van der Waals surface area contributed by atoms with E-state index in [1.165, 1.54) is 18.2 Å². The van der Waals surface area contributed by atoms with E-state index >= 15 is 0 Å². The second-order valence-electron chi connectivity index (χ2n) is 5.51. The van der Waals surface area contributed by atoms with Gasteiger partial charge in [0.05, 0.1) is 18.4 Å². The fraction of sp³-hybridized carbons (Fsp3) is 0.235. The molecule has 0 saturated carbocycles. The van der Waals surface area contributed by atoms with E-state index < -0.39 is 34.3 Å². The Bertz CT molecular complexity index is 859. The monoisotopic (exact) mass is 406 g/mol. The molecule has 0 atom stereocenters. The van der Waals surface area contributed by atoms with Crippen molar-refractivity contribution in [3.63, 3.8) is 0 Å². The lowest BCUT2D eigenvalue weighted by molar-refractivity contribution is -0.126. The lowest BCUT2D eigenvalue weighted by Crippen LogP contribution is -2.20. The molecule has 0 aliphatic heterocycles. The van der Waals surface area contributed by atoms with Crippen LogP contribution in [0.3, 0.4) is 0 Å². The normalized spacial score (nSPS) is 12.9. The third-order valence-corrected chi connectivity index (χ3v) is 3.57. The number of carbonyl (C=O) groups excluding carboxylic acids is 1. The third kappa shape index (κ3) is 9.59. The van der Waals surface area contributed by atoms with Gasteiger partial charge in [-0.05, 0) is 23.3 Å². The molecule has 148 valence electrons. The number of rotatable bonds is 8. The number of carbonyl (C=O) groups is 1. The number of alkyl halides is 3. The highest BCUT2D eigenvalue weighted by atomic mass is 32.2. The first-order chi connectivity index (χ1) is 12.4. The van der Waals surface area contributed by atoms with Gasteiger partial charge in [-0.1, -0.05) is 30.9 Å². The van der Waals surface area contributed by atoms with Crippen LogP contribution in [-0.4, -0.2) is 26.8 Å². The Morgan fingerprint density at radius 2 is 1.93 bits per heavy atom. The largest absolute Gasteiger partial charge is 0.393 e. The van der Waals surface area contributed by atoms with Crippen LogP contribution < -0.4 is 10.0 Å². The number of allylic oxidation sites excluding steroid dienone is 4. The standard InChI is InChI=1S/C17H18F4N2O3S/c1-3-4-12(10-17(19,20)21)6-8-16(24)22-11-13-5-7-15(14(18)9-13)23-27(2,25)26/h3-9,23H,1,10-11H2,2H3,(H,22,24)/b8-6+,12-4-. The lowest BCUT2D eigenvalue weighted by Gasteiger charge is -2.08. The lowest BCUT2D eigenvalue weighted by atomic mass is 10.1. The van der Waals surface area contributed by atoms with Gasteiger partial charge in [0.15, 0.2) is 0 Å². The van der Waals surface area contributed by atoms with Crippen LogP contribution in [0.2, 0.25) is 0 Å². The summed E-state index contributed by atoms with van der Waals surface area (Å²) in [5, 5.41) is 2.39. The molecule has 0 saturated heterocycles. The van der Waals surface area contributed by atoms with E-state index in [2.05, 4.69) is 11.9 Å². The molecule has 27 heavy (non-hydrogen) atoms. The van der Waals surface area contributed by atoms with Crippen molar-refractivity contribution < 1.29 is 30.8 Å². The summed E-state index contributed by atoms with van der Waals surface area (Å²) >= 11 is 0. The summed E-state index contributed by atoms with van der Waals surface area (Å²) in [6.45, 7) is 3.22. The highest BCUT2D eigenvalue weighted by molar-refractivity contribution is 7.92. The van der Waals surface area contributed by atoms with Gasteiger partial charge in [-0.25, -0.2) is 12.8 Å². The van der Waals surface area contributed by atoms with Crippen molar-refractivity contribution >= 4 is 21.6 Å². The maximum absolute atomic E-state index is 13.8.